The summed E-state index contributed by atoms with van der Waals surface area (Å²) in [6.45, 7) is 4.65. The van der Waals surface area contributed by atoms with Gasteiger partial charge in [0, 0.05) is 16.8 Å². The molecule has 0 aliphatic heterocycles. The molecule has 0 aliphatic carbocycles. The van der Waals surface area contributed by atoms with E-state index in [0.29, 0.717) is 12.1 Å². The molecule has 1 aromatic carbocycles. The van der Waals surface area contributed by atoms with Gasteiger partial charge in [-0.25, -0.2) is 4.98 Å². The molecule has 122 valence electrons. The molecule has 2 aromatic heterocycles. The molecule has 1 amide bonds. The van der Waals surface area contributed by atoms with Crippen molar-refractivity contribution in [2.75, 3.05) is 5.32 Å². The Balaban J connectivity index is 1.64. The zero-order chi connectivity index (χ0) is 16.9. The number of aryl methyl sites for hydroxylation is 2. The predicted molar refractivity (Wildman–Crippen MR) is 98.9 cm³/mol. The normalized spacial score (nSPS) is 10.4. The number of amides is 1. The van der Waals surface area contributed by atoms with Crippen molar-refractivity contribution in [1.82, 2.24) is 10.3 Å². The molecule has 0 radical (unpaired) electrons. The number of nitrogens with one attached hydrogen (secondary N) is 2. The summed E-state index contributed by atoms with van der Waals surface area (Å²) in [5.74, 6) is 0.604. The molecule has 2 N–H and O–H groups in total. The number of benzene rings is 1. The van der Waals surface area contributed by atoms with E-state index in [0.717, 1.165) is 21.9 Å². The van der Waals surface area contributed by atoms with E-state index in [1.54, 1.807) is 23.6 Å². The Kier molecular flexibility index (Phi) is 4.91. The van der Waals surface area contributed by atoms with E-state index >= 15 is 0 Å². The quantitative estimate of drug-likeness (QED) is 0.724. The molecule has 0 aliphatic rings. The molecule has 5 heteroatoms. The summed E-state index contributed by atoms with van der Waals surface area (Å²) in [5, 5.41) is 8.19. The SMILES string of the molecule is Cc1ccc(C)c(Nc2ccc(C(=O)NCc3cccs3)cn2)c1. The fraction of sp³-hybridized carbons (Fsp3) is 0.158. The van der Waals surface area contributed by atoms with Crippen LogP contribution in [0.2, 0.25) is 0 Å². The fourth-order valence-corrected chi connectivity index (χ4v) is 2.94. The predicted octanol–water partition coefficient (Wildman–Crippen LogP) is 4.43. The van der Waals surface area contributed by atoms with Gasteiger partial charge in [0.05, 0.1) is 12.1 Å². The van der Waals surface area contributed by atoms with Crippen LogP contribution in [0.1, 0.15) is 26.4 Å². The molecule has 3 rings (SSSR count). The van der Waals surface area contributed by atoms with Crippen LogP contribution in [0.15, 0.2) is 54.0 Å². The standard InChI is InChI=1S/C19H19N3OS/c1-13-5-6-14(2)17(10-13)22-18-8-7-15(11-20-18)19(23)21-12-16-4-3-9-24-16/h3-11H,12H2,1-2H3,(H,20,22)(H,21,23). The van der Waals surface area contributed by atoms with Crippen LogP contribution in [0.5, 0.6) is 0 Å². The zero-order valence-corrected chi connectivity index (χ0v) is 14.5. The van der Waals surface area contributed by atoms with Gasteiger partial charge in [-0.2, -0.15) is 0 Å². The Morgan fingerprint density at radius 2 is 2.04 bits per heavy atom. The van der Waals surface area contributed by atoms with Gasteiger partial charge < -0.3 is 10.6 Å². The lowest BCUT2D eigenvalue weighted by Gasteiger charge is -2.10. The van der Waals surface area contributed by atoms with E-state index in [1.165, 1.54) is 5.56 Å². The highest BCUT2D eigenvalue weighted by molar-refractivity contribution is 7.09. The molecule has 3 aromatic rings. The van der Waals surface area contributed by atoms with Crippen molar-refractivity contribution in [3.63, 3.8) is 0 Å². The van der Waals surface area contributed by atoms with Crippen LogP contribution in [0.25, 0.3) is 0 Å². The lowest BCUT2D eigenvalue weighted by Crippen LogP contribution is -2.22. The third kappa shape index (κ3) is 4.00. The van der Waals surface area contributed by atoms with Crippen molar-refractivity contribution in [2.45, 2.75) is 20.4 Å². The molecular formula is C19H19N3OS. The second kappa shape index (κ2) is 7.27. The first-order chi connectivity index (χ1) is 11.6. The first-order valence-electron chi connectivity index (χ1n) is 7.73. The van der Waals surface area contributed by atoms with Crippen molar-refractivity contribution < 1.29 is 4.79 Å². The van der Waals surface area contributed by atoms with Gasteiger partial charge in [-0.15, -0.1) is 11.3 Å². The maximum absolute atomic E-state index is 12.1. The lowest BCUT2D eigenvalue weighted by molar-refractivity contribution is 0.0951. The number of rotatable bonds is 5. The van der Waals surface area contributed by atoms with E-state index in [4.69, 9.17) is 0 Å². The molecule has 0 fully saturated rings. The topological polar surface area (TPSA) is 54.0 Å². The van der Waals surface area contributed by atoms with Crippen molar-refractivity contribution in [1.29, 1.82) is 0 Å². The second-order valence-electron chi connectivity index (χ2n) is 5.64. The minimum atomic E-state index is -0.116. The monoisotopic (exact) mass is 337 g/mol. The van der Waals surface area contributed by atoms with Gasteiger partial charge in [-0.1, -0.05) is 18.2 Å². The van der Waals surface area contributed by atoms with Crippen LogP contribution in [0.4, 0.5) is 11.5 Å². The van der Waals surface area contributed by atoms with Gasteiger partial charge in [0.2, 0.25) is 0 Å². The minimum absolute atomic E-state index is 0.116. The summed E-state index contributed by atoms with van der Waals surface area (Å²) >= 11 is 1.63. The first kappa shape index (κ1) is 16.2. The number of hydrogen-bond donors (Lipinski definition) is 2. The summed E-state index contributed by atoms with van der Waals surface area (Å²) in [4.78, 5) is 17.6. The van der Waals surface area contributed by atoms with Crippen molar-refractivity contribution in [3.8, 4) is 0 Å². The average Bonchev–Trinajstić information content (AvgIpc) is 3.10. The molecule has 0 unspecified atom stereocenters. The molecule has 0 saturated heterocycles. The van der Waals surface area contributed by atoms with Gasteiger partial charge in [-0.3, -0.25) is 4.79 Å². The number of carbonyl (C=O) groups is 1. The third-order valence-corrected chi connectivity index (χ3v) is 4.56. The van der Waals surface area contributed by atoms with Crippen molar-refractivity contribution in [2.24, 2.45) is 0 Å². The lowest BCUT2D eigenvalue weighted by atomic mass is 10.1. The molecule has 2 heterocycles. The van der Waals surface area contributed by atoms with Gasteiger partial charge in [0.1, 0.15) is 5.82 Å². The highest BCUT2D eigenvalue weighted by atomic mass is 32.1. The Labute approximate surface area is 145 Å². The zero-order valence-electron chi connectivity index (χ0n) is 13.7. The first-order valence-corrected chi connectivity index (χ1v) is 8.61. The number of hydrogen-bond acceptors (Lipinski definition) is 4. The van der Waals surface area contributed by atoms with Crippen LogP contribution in [0, 0.1) is 13.8 Å². The molecule has 0 atom stereocenters. The number of thiophene rings is 1. The Bertz CT molecular complexity index is 826. The summed E-state index contributed by atoms with van der Waals surface area (Å²) in [6.07, 6.45) is 1.59. The van der Waals surface area contributed by atoms with Crippen LogP contribution >= 0.6 is 11.3 Å². The Morgan fingerprint density at radius 3 is 2.75 bits per heavy atom. The van der Waals surface area contributed by atoms with E-state index in [2.05, 4.69) is 40.7 Å². The summed E-state index contributed by atoms with van der Waals surface area (Å²) in [5.41, 5.74) is 3.92. The summed E-state index contributed by atoms with van der Waals surface area (Å²) in [6, 6.07) is 13.8. The van der Waals surface area contributed by atoms with Gasteiger partial charge in [0.15, 0.2) is 0 Å². The summed E-state index contributed by atoms with van der Waals surface area (Å²) in [7, 11) is 0. The van der Waals surface area contributed by atoms with Crippen LogP contribution in [-0.2, 0) is 6.54 Å². The largest absolute Gasteiger partial charge is 0.347 e. The van der Waals surface area contributed by atoms with E-state index in [-0.39, 0.29) is 5.91 Å². The highest BCUT2D eigenvalue weighted by Gasteiger charge is 2.07. The third-order valence-electron chi connectivity index (χ3n) is 3.68. The maximum Gasteiger partial charge on any atom is 0.253 e. The van der Waals surface area contributed by atoms with Gasteiger partial charge in [-0.05, 0) is 54.6 Å². The average molecular weight is 337 g/mol. The van der Waals surface area contributed by atoms with Crippen LogP contribution in [-0.4, -0.2) is 10.9 Å². The Hall–Kier alpha value is -2.66. The maximum atomic E-state index is 12.1. The smallest absolute Gasteiger partial charge is 0.253 e. The number of carbonyl (C=O) groups excluding carboxylic acids is 1. The molecule has 0 spiro atoms. The van der Waals surface area contributed by atoms with E-state index < -0.39 is 0 Å². The van der Waals surface area contributed by atoms with Gasteiger partial charge >= 0.3 is 0 Å². The molecule has 0 saturated carbocycles. The number of pyridine rings is 1. The van der Waals surface area contributed by atoms with E-state index in [9.17, 15) is 4.79 Å². The number of anilines is 2. The minimum Gasteiger partial charge on any atom is -0.347 e. The number of nitrogens with zero attached hydrogens (tertiary/aromatic N) is 1. The fourth-order valence-electron chi connectivity index (χ4n) is 2.29. The van der Waals surface area contributed by atoms with Crippen LogP contribution in [0.3, 0.4) is 0 Å². The van der Waals surface area contributed by atoms with Gasteiger partial charge in [0.25, 0.3) is 5.91 Å². The molecular weight excluding hydrogens is 318 g/mol. The highest BCUT2D eigenvalue weighted by Crippen LogP contribution is 2.20. The molecule has 24 heavy (non-hydrogen) atoms. The Morgan fingerprint density at radius 1 is 1.17 bits per heavy atom. The van der Waals surface area contributed by atoms with Crippen LogP contribution < -0.4 is 10.6 Å². The summed E-state index contributed by atoms with van der Waals surface area (Å²) < 4.78 is 0. The molecule has 0 bridgehead atoms. The molecule has 4 nitrogen and oxygen atoms in total. The van der Waals surface area contributed by atoms with Crippen molar-refractivity contribution in [3.05, 3.63) is 75.6 Å². The second-order valence-corrected chi connectivity index (χ2v) is 6.67. The number of aromatic nitrogens is 1. The van der Waals surface area contributed by atoms with E-state index in [1.807, 2.05) is 30.5 Å². The van der Waals surface area contributed by atoms with Crippen molar-refractivity contribution >= 4 is 28.7 Å².